The van der Waals surface area contributed by atoms with Crippen LogP contribution in [0.3, 0.4) is 0 Å². The fraction of sp³-hybridized carbons (Fsp3) is 0.500. The summed E-state index contributed by atoms with van der Waals surface area (Å²) >= 11 is 0. The quantitative estimate of drug-likeness (QED) is 0.470. The van der Waals surface area contributed by atoms with Crippen LogP contribution in [0.5, 0.6) is 0 Å². The van der Waals surface area contributed by atoms with E-state index in [1.54, 1.807) is 6.92 Å². The molecule has 0 aliphatic carbocycles. The Balaban J connectivity index is 0. The minimum atomic E-state index is 0. The summed E-state index contributed by atoms with van der Waals surface area (Å²) in [5.74, 6) is 0.00463. The molecular formula is C4H7OV-. The molecule has 0 spiro atoms. The van der Waals surface area contributed by atoms with Gasteiger partial charge in [-0.15, -0.1) is 0 Å². The summed E-state index contributed by atoms with van der Waals surface area (Å²) in [6, 6.07) is 0. The molecule has 0 aromatic heterocycles. The van der Waals surface area contributed by atoms with Gasteiger partial charge in [-0.25, -0.2) is 0 Å². The van der Waals surface area contributed by atoms with Crippen LogP contribution < -0.4 is 0 Å². The Morgan fingerprint density at radius 1 is 1.83 bits per heavy atom. The third-order valence-electron chi connectivity index (χ3n) is 0.394. The van der Waals surface area contributed by atoms with E-state index >= 15 is 0 Å². The molecule has 0 amide bonds. The number of hydrogen-bond acceptors (Lipinski definition) is 1. The van der Waals surface area contributed by atoms with Gasteiger partial charge in [0.25, 0.3) is 0 Å². The van der Waals surface area contributed by atoms with Gasteiger partial charge in [0.15, 0.2) is 0 Å². The smallest absolute Gasteiger partial charge is 0 e. The topological polar surface area (TPSA) is 17.1 Å². The summed E-state index contributed by atoms with van der Waals surface area (Å²) in [5, 5.41) is 0. The number of carbonyl (C=O) groups excluding carboxylic acids is 1. The van der Waals surface area contributed by atoms with Gasteiger partial charge in [-0.1, -0.05) is 6.92 Å². The zero-order valence-electron chi connectivity index (χ0n) is 3.77. The van der Waals surface area contributed by atoms with Crippen LogP contribution in [0.25, 0.3) is 0 Å². The standard InChI is InChI=1S/C4H7O.V/c1-3-4(2)5;/h2-3H2,1H3;/q-1;. The Bertz CT molecular complexity index is 42.8. The van der Waals surface area contributed by atoms with E-state index in [-0.39, 0.29) is 24.3 Å². The predicted octanol–water partition coefficient (Wildman–Crippen LogP) is 0.797. The third kappa shape index (κ3) is 8.92. The summed E-state index contributed by atoms with van der Waals surface area (Å²) in [4.78, 5) is 9.70. The van der Waals surface area contributed by atoms with Gasteiger partial charge in [-0.3, -0.25) is 0 Å². The number of hydrogen-bond donors (Lipinski definition) is 0. The predicted molar refractivity (Wildman–Crippen MR) is 20.7 cm³/mol. The van der Waals surface area contributed by atoms with E-state index in [4.69, 9.17) is 0 Å². The molecule has 0 fully saturated rings. The van der Waals surface area contributed by atoms with Gasteiger partial charge in [-0.2, -0.15) is 0 Å². The molecular weight excluding hydrogens is 115 g/mol. The zero-order chi connectivity index (χ0) is 4.28. The van der Waals surface area contributed by atoms with Gasteiger partial charge in [0.05, 0.1) is 0 Å². The van der Waals surface area contributed by atoms with Crippen molar-refractivity contribution in [2.45, 2.75) is 13.3 Å². The van der Waals surface area contributed by atoms with Crippen LogP contribution in [0, 0.1) is 6.92 Å². The fourth-order valence-corrected chi connectivity index (χ4v) is 0. The van der Waals surface area contributed by atoms with Crippen molar-refractivity contribution in [1.29, 1.82) is 0 Å². The van der Waals surface area contributed by atoms with Crippen molar-refractivity contribution in [2.24, 2.45) is 0 Å². The number of rotatable bonds is 1. The van der Waals surface area contributed by atoms with E-state index in [1.165, 1.54) is 0 Å². The molecule has 0 rings (SSSR count). The Morgan fingerprint density at radius 3 is 2.00 bits per heavy atom. The second-order valence-corrected chi connectivity index (χ2v) is 0.892. The largest absolute Gasteiger partial charge is 0.339 e. The van der Waals surface area contributed by atoms with Crippen molar-refractivity contribution in [2.75, 3.05) is 0 Å². The van der Waals surface area contributed by atoms with Gasteiger partial charge >= 0.3 is 0 Å². The molecule has 0 aromatic rings. The maximum Gasteiger partial charge on any atom is 0 e. The molecule has 0 aromatic carbocycles. The first-order chi connectivity index (χ1) is 2.27. The van der Waals surface area contributed by atoms with Crippen molar-refractivity contribution in [3.63, 3.8) is 0 Å². The van der Waals surface area contributed by atoms with Crippen molar-refractivity contribution in [1.82, 2.24) is 0 Å². The third-order valence-corrected chi connectivity index (χ3v) is 0.394. The summed E-state index contributed by atoms with van der Waals surface area (Å²) in [6.07, 6.45) is 0.556. The van der Waals surface area contributed by atoms with E-state index in [0.717, 1.165) is 0 Å². The molecule has 35 valence electrons. The molecule has 0 unspecified atom stereocenters. The summed E-state index contributed by atoms with van der Waals surface area (Å²) in [6.45, 7) is 4.91. The molecule has 0 aliphatic rings. The normalized spacial score (nSPS) is 6.17. The van der Waals surface area contributed by atoms with Crippen LogP contribution in [0.4, 0.5) is 0 Å². The fourth-order valence-electron chi connectivity index (χ4n) is 0. The Labute approximate surface area is 50.0 Å². The minimum absolute atomic E-state index is 0. The van der Waals surface area contributed by atoms with Gasteiger partial charge in [0.2, 0.25) is 0 Å². The molecule has 6 heavy (non-hydrogen) atoms. The maximum absolute atomic E-state index is 9.70. The molecule has 0 aliphatic heterocycles. The molecule has 0 heterocycles. The SMILES string of the molecule is [CH2-]C(=O)CC.[V]. The van der Waals surface area contributed by atoms with E-state index < -0.39 is 0 Å². The number of carbonyl (C=O) groups is 1. The molecule has 2 heteroatoms. The average molecular weight is 122 g/mol. The van der Waals surface area contributed by atoms with Crippen LogP contribution in [0.2, 0.25) is 0 Å². The monoisotopic (exact) mass is 122 g/mol. The van der Waals surface area contributed by atoms with E-state index in [2.05, 4.69) is 6.92 Å². The van der Waals surface area contributed by atoms with E-state index in [9.17, 15) is 4.79 Å². The van der Waals surface area contributed by atoms with Gasteiger partial charge in [0.1, 0.15) is 0 Å². The molecule has 0 N–H and O–H groups in total. The zero-order valence-corrected chi connectivity index (χ0v) is 5.17. The van der Waals surface area contributed by atoms with E-state index in [1.807, 2.05) is 0 Å². The van der Waals surface area contributed by atoms with Crippen LogP contribution in [0.1, 0.15) is 13.3 Å². The Morgan fingerprint density at radius 2 is 2.00 bits per heavy atom. The van der Waals surface area contributed by atoms with Crippen LogP contribution in [-0.2, 0) is 23.4 Å². The van der Waals surface area contributed by atoms with Crippen molar-refractivity contribution in [3.05, 3.63) is 6.92 Å². The van der Waals surface area contributed by atoms with Crippen LogP contribution in [-0.4, -0.2) is 5.78 Å². The van der Waals surface area contributed by atoms with Crippen molar-refractivity contribution in [3.8, 4) is 0 Å². The number of Topliss-reactive ketones (excluding diaryl/α,β-unsaturated/α-hetero) is 1. The summed E-state index contributed by atoms with van der Waals surface area (Å²) < 4.78 is 0. The molecule has 1 nitrogen and oxygen atoms in total. The molecule has 0 saturated carbocycles. The van der Waals surface area contributed by atoms with Crippen molar-refractivity contribution < 1.29 is 23.4 Å². The second kappa shape index (κ2) is 5.12. The van der Waals surface area contributed by atoms with Crippen LogP contribution >= 0.6 is 0 Å². The second-order valence-electron chi connectivity index (χ2n) is 0.892. The molecule has 0 bridgehead atoms. The maximum atomic E-state index is 9.70. The van der Waals surface area contributed by atoms with Crippen LogP contribution in [0.15, 0.2) is 0 Å². The first-order valence-corrected chi connectivity index (χ1v) is 1.62. The first-order valence-electron chi connectivity index (χ1n) is 1.62. The molecule has 1 radical (unpaired) electrons. The van der Waals surface area contributed by atoms with E-state index in [0.29, 0.717) is 6.42 Å². The van der Waals surface area contributed by atoms with Gasteiger partial charge in [0, 0.05) is 18.6 Å². The van der Waals surface area contributed by atoms with Gasteiger partial charge in [-0.05, 0) is 12.2 Å². The molecule has 0 saturated heterocycles. The molecule has 0 atom stereocenters. The Kier molecular flexibility index (Phi) is 8.07. The summed E-state index contributed by atoms with van der Waals surface area (Å²) in [7, 11) is 0. The first kappa shape index (κ1) is 9.45. The van der Waals surface area contributed by atoms with Gasteiger partial charge < -0.3 is 11.7 Å². The van der Waals surface area contributed by atoms with Crippen molar-refractivity contribution >= 4 is 5.78 Å². The minimum Gasteiger partial charge on any atom is -0.339 e. The summed E-state index contributed by atoms with van der Waals surface area (Å²) in [5.41, 5.74) is 0. The number of ketones is 1. The Hall–Kier alpha value is 0.124. The average Bonchev–Trinajstić information content (AvgIpc) is 1.38.